The van der Waals surface area contributed by atoms with Crippen molar-refractivity contribution >= 4 is 34.4 Å². The number of thiophene rings is 1. The van der Waals surface area contributed by atoms with Gasteiger partial charge < -0.3 is 9.73 Å². The average molecular weight is 386 g/mol. The van der Waals surface area contributed by atoms with Crippen molar-refractivity contribution in [1.29, 1.82) is 0 Å². The molecule has 0 unspecified atom stereocenters. The van der Waals surface area contributed by atoms with Gasteiger partial charge in [-0.1, -0.05) is 6.07 Å². The molecule has 8 heteroatoms. The van der Waals surface area contributed by atoms with Crippen LogP contribution < -0.4 is 5.32 Å². The monoisotopic (exact) mass is 386 g/mol. The number of amides is 2. The van der Waals surface area contributed by atoms with Gasteiger partial charge in [0.1, 0.15) is 11.5 Å². The maximum Gasteiger partial charge on any atom is 0.278 e. The van der Waals surface area contributed by atoms with E-state index >= 15 is 0 Å². The van der Waals surface area contributed by atoms with Gasteiger partial charge in [0, 0.05) is 16.6 Å². The Balaban J connectivity index is 1.72. The van der Waals surface area contributed by atoms with E-state index in [1.807, 2.05) is 0 Å². The van der Waals surface area contributed by atoms with E-state index in [0.29, 0.717) is 10.6 Å². The van der Waals surface area contributed by atoms with Crippen LogP contribution >= 0.6 is 11.3 Å². The molecule has 1 aliphatic rings. The van der Waals surface area contributed by atoms with Crippen LogP contribution in [0.15, 0.2) is 64.2 Å². The molecule has 5 nitrogen and oxygen atoms in total. The summed E-state index contributed by atoms with van der Waals surface area (Å²) < 4.78 is 31.9. The van der Waals surface area contributed by atoms with Crippen molar-refractivity contribution in [3.05, 3.63) is 82.1 Å². The Bertz CT molecular complexity index is 1040. The fourth-order valence-electron chi connectivity index (χ4n) is 2.76. The fourth-order valence-corrected chi connectivity index (χ4v) is 3.53. The second-order valence-corrected chi connectivity index (χ2v) is 6.70. The molecule has 0 bridgehead atoms. The third-order valence-corrected chi connectivity index (χ3v) is 4.91. The Hall–Kier alpha value is -3.26. The molecule has 0 atom stereocenters. The summed E-state index contributed by atoms with van der Waals surface area (Å²) in [5.74, 6) is -2.64. The van der Waals surface area contributed by atoms with Crippen molar-refractivity contribution in [3.8, 4) is 0 Å². The molecule has 0 saturated heterocycles. The van der Waals surface area contributed by atoms with Crippen LogP contribution in [-0.4, -0.2) is 16.7 Å². The van der Waals surface area contributed by atoms with Crippen LogP contribution in [0, 0.1) is 11.6 Å². The van der Waals surface area contributed by atoms with Gasteiger partial charge in [-0.2, -0.15) is 0 Å². The number of nitrogens with one attached hydrogen (secondary N) is 1. The van der Waals surface area contributed by atoms with Gasteiger partial charge in [0.2, 0.25) is 0 Å². The molecule has 0 spiro atoms. The van der Waals surface area contributed by atoms with Crippen LogP contribution in [0.25, 0.3) is 5.57 Å². The number of hydrogen-bond acceptors (Lipinski definition) is 5. The fraction of sp³-hybridized carbons (Fsp3) is 0.0526. The van der Waals surface area contributed by atoms with Gasteiger partial charge in [0.05, 0.1) is 18.4 Å². The molecule has 0 radical (unpaired) electrons. The first-order chi connectivity index (χ1) is 13.0. The molecule has 0 aliphatic carbocycles. The highest BCUT2D eigenvalue weighted by Gasteiger charge is 2.40. The van der Waals surface area contributed by atoms with Crippen LogP contribution in [0.1, 0.15) is 10.6 Å². The minimum atomic E-state index is -1.05. The second-order valence-electron chi connectivity index (χ2n) is 5.76. The topological polar surface area (TPSA) is 62.6 Å². The number of carbonyl (C=O) groups excluding carboxylic acids is 2. The van der Waals surface area contributed by atoms with Crippen molar-refractivity contribution in [2.45, 2.75) is 6.54 Å². The second kappa shape index (κ2) is 6.81. The molecular formula is C19H12F2N2O3S. The Morgan fingerprint density at radius 2 is 1.89 bits per heavy atom. The van der Waals surface area contributed by atoms with Gasteiger partial charge in [0.15, 0.2) is 11.6 Å². The smallest absolute Gasteiger partial charge is 0.278 e. The lowest BCUT2D eigenvalue weighted by Crippen LogP contribution is -2.31. The van der Waals surface area contributed by atoms with Crippen LogP contribution in [0.4, 0.5) is 14.5 Å². The molecule has 1 aliphatic heterocycles. The molecule has 27 heavy (non-hydrogen) atoms. The molecule has 4 rings (SSSR count). The highest BCUT2D eigenvalue weighted by Crippen LogP contribution is 2.33. The zero-order valence-electron chi connectivity index (χ0n) is 13.7. The summed E-state index contributed by atoms with van der Waals surface area (Å²) in [6, 6.07) is 9.97. The van der Waals surface area contributed by atoms with E-state index in [1.54, 1.807) is 29.6 Å². The number of nitrogens with zero attached hydrogens (tertiary/aromatic N) is 1. The number of halogens is 2. The summed E-state index contributed by atoms with van der Waals surface area (Å²) >= 11 is 1.30. The van der Waals surface area contributed by atoms with Gasteiger partial charge in [0.25, 0.3) is 11.8 Å². The first-order valence-corrected chi connectivity index (χ1v) is 8.81. The summed E-state index contributed by atoms with van der Waals surface area (Å²) in [4.78, 5) is 27.4. The highest BCUT2D eigenvalue weighted by molar-refractivity contribution is 7.11. The number of rotatable bonds is 5. The predicted octanol–water partition coefficient (Wildman–Crippen LogP) is 4.01. The van der Waals surface area contributed by atoms with Gasteiger partial charge in [-0.25, -0.2) is 8.78 Å². The Kier molecular flexibility index (Phi) is 4.33. The molecule has 2 amide bonds. The number of anilines is 1. The van der Waals surface area contributed by atoms with Gasteiger partial charge >= 0.3 is 0 Å². The summed E-state index contributed by atoms with van der Waals surface area (Å²) in [5.41, 5.74) is 0.366. The van der Waals surface area contributed by atoms with E-state index in [0.717, 1.165) is 17.0 Å². The van der Waals surface area contributed by atoms with Crippen LogP contribution in [0.5, 0.6) is 0 Å². The van der Waals surface area contributed by atoms with E-state index in [2.05, 4.69) is 5.32 Å². The highest BCUT2D eigenvalue weighted by atomic mass is 32.1. The van der Waals surface area contributed by atoms with Gasteiger partial charge in [-0.15, -0.1) is 11.3 Å². The zero-order chi connectivity index (χ0) is 19.0. The maximum atomic E-state index is 13.5. The van der Waals surface area contributed by atoms with Gasteiger partial charge in [-0.3, -0.25) is 14.5 Å². The number of furan rings is 1. The third-order valence-electron chi connectivity index (χ3n) is 4.02. The minimum absolute atomic E-state index is 0.0139. The molecule has 1 aromatic carbocycles. The SMILES string of the molecule is O=C1C(Nc2ccc(F)c(F)c2)=C(c2cccs2)C(=O)N1Cc1ccco1. The quantitative estimate of drug-likeness (QED) is 0.673. The molecule has 0 fully saturated rings. The summed E-state index contributed by atoms with van der Waals surface area (Å²) in [7, 11) is 0. The number of hydrogen-bond donors (Lipinski definition) is 1. The standard InChI is InChI=1S/C19H12F2N2O3S/c20-13-6-5-11(9-14(13)21)22-17-16(15-4-2-8-27-15)18(24)23(19(17)25)10-12-3-1-7-26-12/h1-9,22H,10H2. The molecule has 3 aromatic rings. The molecule has 0 saturated carbocycles. The summed E-state index contributed by atoms with van der Waals surface area (Å²) in [6.07, 6.45) is 1.45. The van der Waals surface area contributed by atoms with Crippen molar-refractivity contribution < 1.29 is 22.8 Å². The molecule has 136 valence electrons. The first-order valence-electron chi connectivity index (χ1n) is 7.93. The normalized spacial score (nSPS) is 14.4. The van der Waals surface area contributed by atoms with Crippen molar-refractivity contribution in [2.24, 2.45) is 0 Å². The minimum Gasteiger partial charge on any atom is -0.467 e. The van der Waals surface area contributed by atoms with Crippen molar-refractivity contribution in [1.82, 2.24) is 4.90 Å². The maximum absolute atomic E-state index is 13.5. The van der Waals surface area contributed by atoms with Crippen molar-refractivity contribution in [2.75, 3.05) is 5.32 Å². The lowest BCUT2D eigenvalue weighted by molar-refractivity contribution is -0.137. The Labute approximate surface area is 156 Å². The molecule has 3 heterocycles. The molecule has 1 N–H and O–H groups in total. The average Bonchev–Trinajstić information content (AvgIpc) is 3.38. The van der Waals surface area contributed by atoms with E-state index in [9.17, 15) is 18.4 Å². The van der Waals surface area contributed by atoms with Crippen LogP contribution in [0.3, 0.4) is 0 Å². The predicted molar refractivity (Wildman–Crippen MR) is 95.5 cm³/mol. The van der Waals surface area contributed by atoms with E-state index in [1.165, 1.54) is 23.7 Å². The lowest BCUT2D eigenvalue weighted by atomic mass is 10.2. The third kappa shape index (κ3) is 3.15. The van der Waals surface area contributed by atoms with E-state index in [4.69, 9.17) is 4.42 Å². The Morgan fingerprint density at radius 3 is 2.56 bits per heavy atom. The Morgan fingerprint density at radius 1 is 1.04 bits per heavy atom. The summed E-state index contributed by atoms with van der Waals surface area (Å²) in [5, 5.41) is 4.56. The first kappa shape index (κ1) is 17.2. The zero-order valence-corrected chi connectivity index (χ0v) is 14.6. The number of carbonyl (C=O) groups is 2. The number of benzene rings is 1. The van der Waals surface area contributed by atoms with Gasteiger partial charge in [-0.05, 0) is 35.7 Å². The van der Waals surface area contributed by atoms with Crippen LogP contribution in [-0.2, 0) is 16.1 Å². The molecule has 2 aromatic heterocycles. The van der Waals surface area contributed by atoms with E-state index < -0.39 is 23.4 Å². The van der Waals surface area contributed by atoms with Crippen molar-refractivity contribution in [3.63, 3.8) is 0 Å². The largest absolute Gasteiger partial charge is 0.467 e. The lowest BCUT2D eigenvalue weighted by Gasteiger charge is -2.13. The number of imide groups is 1. The van der Waals surface area contributed by atoms with Crippen LogP contribution in [0.2, 0.25) is 0 Å². The summed E-state index contributed by atoms with van der Waals surface area (Å²) in [6.45, 7) is -0.0253. The molecular weight excluding hydrogens is 374 g/mol. The van der Waals surface area contributed by atoms with E-state index in [-0.39, 0.29) is 23.5 Å².